The first-order valence-electron chi connectivity index (χ1n) is 6.80. The van der Waals surface area contributed by atoms with Gasteiger partial charge in [-0.2, -0.15) is 0 Å². The zero-order valence-corrected chi connectivity index (χ0v) is 11.0. The topological polar surface area (TPSA) is 38.0 Å². The minimum atomic E-state index is 0.121. The molecule has 98 valence electrons. The highest BCUT2D eigenvalue weighted by atomic mass is 16.2. The third-order valence-corrected chi connectivity index (χ3v) is 3.63. The highest BCUT2D eigenvalue weighted by Crippen LogP contribution is 2.03. The largest absolute Gasteiger partial charge is 0.326 e. The molecule has 1 aromatic rings. The molecule has 0 unspecified atom stereocenters. The van der Waals surface area contributed by atoms with Crippen LogP contribution in [0.1, 0.15) is 6.92 Å². The van der Waals surface area contributed by atoms with E-state index in [0.717, 1.165) is 18.8 Å². The maximum absolute atomic E-state index is 11.9. The average molecular weight is 249 g/mol. The number of anilines is 1. The lowest BCUT2D eigenvalue weighted by molar-refractivity contribution is -1.01. The number of nitrogens with one attached hydrogen (secondary N) is 3. The van der Waals surface area contributed by atoms with Crippen molar-refractivity contribution >= 4 is 11.6 Å². The number of rotatable bonds is 4. The summed E-state index contributed by atoms with van der Waals surface area (Å²) in [6, 6.07) is 9.67. The van der Waals surface area contributed by atoms with Crippen molar-refractivity contribution in [3.63, 3.8) is 0 Å². The summed E-state index contributed by atoms with van der Waals surface area (Å²) in [5.41, 5.74) is 0.889. The number of hydrogen-bond donors (Lipinski definition) is 3. The average Bonchev–Trinajstić information content (AvgIpc) is 2.40. The van der Waals surface area contributed by atoms with Crippen LogP contribution in [0.3, 0.4) is 0 Å². The summed E-state index contributed by atoms with van der Waals surface area (Å²) in [6.07, 6.45) is 0. The van der Waals surface area contributed by atoms with Crippen molar-refractivity contribution in [1.29, 1.82) is 0 Å². The van der Waals surface area contributed by atoms with Gasteiger partial charge in [0.2, 0.25) is 0 Å². The number of likely N-dealkylation sites (N-methyl/N-ethyl adjacent to an activating group) is 1. The third kappa shape index (κ3) is 3.82. The Morgan fingerprint density at radius 1 is 1.11 bits per heavy atom. The zero-order chi connectivity index (χ0) is 12.8. The molecule has 1 saturated heterocycles. The quantitative estimate of drug-likeness (QED) is 0.592. The van der Waals surface area contributed by atoms with Gasteiger partial charge in [-0.25, -0.2) is 0 Å². The van der Waals surface area contributed by atoms with Crippen molar-refractivity contribution < 1.29 is 14.6 Å². The number of carbonyl (C=O) groups is 1. The molecule has 4 heteroatoms. The van der Waals surface area contributed by atoms with Gasteiger partial charge in [-0.3, -0.25) is 4.79 Å². The van der Waals surface area contributed by atoms with Gasteiger partial charge in [0.25, 0.3) is 5.91 Å². The molecule has 2 rings (SSSR count). The monoisotopic (exact) mass is 249 g/mol. The fourth-order valence-electron chi connectivity index (χ4n) is 2.44. The fourth-order valence-corrected chi connectivity index (χ4v) is 2.44. The Kier molecular flexibility index (Phi) is 4.73. The van der Waals surface area contributed by atoms with Crippen molar-refractivity contribution in [1.82, 2.24) is 0 Å². The Morgan fingerprint density at radius 2 is 1.72 bits per heavy atom. The number of amides is 1. The van der Waals surface area contributed by atoms with E-state index in [1.54, 1.807) is 4.90 Å². The first-order chi connectivity index (χ1) is 8.78. The van der Waals surface area contributed by atoms with Crippen molar-refractivity contribution in [2.75, 3.05) is 44.6 Å². The lowest BCUT2D eigenvalue weighted by atomic mass is 10.3. The molecule has 0 saturated carbocycles. The van der Waals surface area contributed by atoms with Gasteiger partial charge in [0.1, 0.15) is 26.2 Å². The summed E-state index contributed by atoms with van der Waals surface area (Å²) in [5, 5.41) is 2.95. The molecular formula is C14H23N3O+2. The predicted molar refractivity (Wildman–Crippen MR) is 71.9 cm³/mol. The van der Waals surface area contributed by atoms with Crippen molar-refractivity contribution in [3.8, 4) is 0 Å². The van der Waals surface area contributed by atoms with Crippen molar-refractivity contribution in [2.45, 2.75) is 6.92 Å². The van der Waals surface area contributed by atoms with E-state index in [1.807, 2.05) is 30.3 Å². The summed E-state index contributed by atoms with van der Waals surface area (Å²) < 4.78 is 0. The van der Waals surface area contributed by atoms with Crippen LogP contribution in [0.2, 0.25) is 0 Å². The van der Waals surface area contributed by atoms with E-state index in [0.29, 0.717) is 6.54 Å². The highest BCUT2D eigenvalue weighted by molar-refractivity contribution is 5.91. The Labute approximate surface area is 109 Å². The summed E-state index contributed by atoms with van der Waals surface area (Å²) in [4.78, 5) is 15.0. The van der Waals surface area contributed by atoms with Gasteiger partial charge in [-0.1, -0.05) is 18.2 Å². The molecule has 0 radical (unpaired) electrons. The number of carbonyl (C=O) groups excluding carboxylic acids is 1. The molecule has 4 nitrogen and oxygen atoms in total. The van der Waals surface area contributed by atoms with Crippen LogP contribution in [0.15, 0.2) is 30.3 Å². The minimum absolute atomic E-state index is 0.121. The maximum atomic E-state index is 11.9. The van der Waals surface area contributed by atoms with Crippen LogP contribution in [0, 0.1) is 0 Å². The Morgan fingerprint density at radius 3 is 2.33 bits per heavy atom. The second-order valence-electron chi connectivity index (χ2n) is 4.94. The van der Waals surface area contributed by atoms with Gasteiger partial charge in [0.05, 0.1) is 6.54 Å². The van der Waals surface area contributed by atoms with Crippen LogP contribution in [0.5, 0.6) is 0 Å². The molecule has 1 heterocycles. The van der Waals surface area contributed by atoms with Gasteiger partial charge in [-0.05, 0) is 19.1 Å². The molecule has 0 bridgehead atoms. The number of para-hydroxylation sites is 1. The van der Waals surface area contributed by atoms with Crippen LogP contribution in [0.25, 0.3) is 0 Å². The maximum Gasteiger partial charge on any atom is 0.279 e. The first-order valence-corrected chi connectivity index (χ1v) is 6.80. The molecule has 1 aliphatic rings. The Bertz CT molecular complexity index is 372. The van der Waals surface area contributed by atoms with E-state index in [2.05, 4.69) is 12.2 Å². The van der Waals surface area contributed by atoms with Gasteiger partial charge < -0.3 is 15.1 Å². The van der Waals surface area contributed by atoms with E-state index in [9.17, 15) is 4.79 Å². The molecule has 1 aromatic carbocycles. The van der Waals surface area contributed by atoms with E-state index in [4.69, 9.17) is 0 Å². The third-order valence-electron chi connectivity index (χ3n) is 3.63. The van der Waals surface area contributed by atoms with Crippen LogP contribution in [-0.4, -0.2) is 45.2 Å². The van der Waals surface area contributed by atoms with Crippen LogP contribution < -0.4 is 15.1 Å². The molecule has 1 amide bonds. The van der Waals surface area contributed by atoms with Gasteiger partial charge in [0.15, 0.2) is 6.54 Å². The first kappa shape index (κ1) is 13.1. The van der Waals surface area contributed by atoms with Crippen LogP contribution in [0.4, 0.5) is 5.69 Å². The van der Waals surface area contributed by atoms with E-state index < -0.39 is 0 Å². The number of piperazine rings is 1. The second kappa shape index (κ2) is 6.52. The number of benzene rings is 1. The molecule has 1 aliphatic heterocycles. The van der Waals surface area contributed by atoms with E-state index in [1.165, 1.54) is 24.5 Å². The summed E-state index contributed by atoms with van der Waals surface area (Å²) in [7, 11) is 0. The van der Waals surface area contributed by atoms with Gasteiger partial charge in [0, 0.05) is 5.69 Å². The van der Waals surface area contributed by atoms with Gasteiger partial charge in [-0.15, -0.1) is 0 Å². The van der Waals surface area contributed by atoms with E-state index in [-0.39, 0.29) is 5.91 Å². The minimum Gasteiger partial charge on any atom is -0.326 e. The normalized spacial score (nSPS) is 23.6. The Hall–Kier alpha value is -1.39. The number of quaternary nitrogens is 2. The Balaban J connectivity index is 1.75. The van der Waals surface area contributed by atoms with Crippen LogP contribution >= 0.6 is 0 Å². The fraction of sp³-hybridized carbons (Fsp3) is 0.500. The molecule has 0 spiro atoms. The van der Waals surface area contributed by atoms with Crippen molar-refractivity contribution in [2.24, 2.45) is 0 Å². The molecule has 18 heavy (non-hydrogen) atoms. The molecule has 3 N–H and O–H groups in total. The standard InChI is InChI=1S/C14H21N3O/c1-2-16-8-10-17(11-9-16)12-14(18)15-13-6-4-3-5-7-13/h3-7H,2,8-12H2,1H3,(H,15,18)/p+2. The molecule has 0 atom stereocenters. The smallest absolute Gasteiger partial charge is 0.279 e. The SMILES string of the molecule is CC[NH+]1CC[NH+](CC(=O)Nc2ccccc2)CC1. The molecular weight excluding hydrogens is 226 g/mol. The predicted octanol–water partition coefficient (Wildman–Crippen LogP) is -1.57. The molecule has 1 fully saturated rings. The lowest BCUT2D eigenvalue weighted by Crippen LogP contribution is -3.28. The highest BCUT2D eigenvalue weighted by Gasteiger charge is 2.23. The van der Waals surface area contributed by atoms with Crippen molar-refractivity contribution in [3.05, 3.63) is 30.3 Å². The lowest BCUT2D eigenvalue weighted by Gasteiger charge is -2.28. The second-order valence-corrected chi connectivity index (χ2v) is 4.94. The summed E-state index contributed by atoms with van der Waals surface area (Å²) >= 11 is 0. The molecule has 0 aromatic heterocycles. The zero-order valence-electron chi connectivity index (χ0n) is 11.0. The summed E-state index contributed by atoms with van der Waals surface area (Å²) in [5.74, 6) is 0.121. The van der Waals surface area contributed by atoms with Gasteiger partial charge >= 0.3 is 0 Å². The number of hydrogen-bond acceptors (Lipinski definition) is 1. The molecule has 0 aliphatic carbocycles. The summed E-state index contributed by atoms with van der Waals surface area (Å²) in [6.45, 7) is 8.59. The van der Waals surface area contributed by atoms with Crippen LogP contribution in [-0.2, 0) is 4.79 Å². The van der Waals surface area contributed by atoms with E-state index >= 15 is 0 Å².